The summed E-state index contributed by atoms with van der Waals surface area (Å²) in [6.45, 7) is 1.67. The molecule has 0 spiro atoms. The zero-order valence-corrected chi connectivity index (χ0v) is 10.7. The van der Waals surface area contributed by atoms with Gasteiger partial charge in [-0.15, -0.1) is 0 Å². The molecule has 0 bridgehead atoms. The van der Waals surface area contributed by atoms with Crippen LogP contribution in [0.25, 0.3) is 0 Å². The first kappa shape index (κ1) is 12.9. The summed E-state index contributed by atoms with van der Waals surface area (Å²) in [7, 11) is 1.54. The number of hydrogen-bond donors (Lipinski definition) is 0. The summed E-state index contributed by atoms with van der Waals surface area (Å²) in [4.78, 5) is 13.5. The van der Waals surface area contributed by atoms with E-state index in [0.29, 0.717) is 0 Å². The molecule has 0 aliphatic carbocycles. The number of hydrogen-bond acceptors (Lipinski definition) is 3. The minimum absolute atomic E-state index is 0.0654. The normalized spacial score (nSPS) is 16.6. The molecule has 0 atom stereocenters. The summed E-state index contributed by atoms with van der Waals surface area (Å²) in [6.07, 6.45) is 1.97. The van der Waals surface area contributed by atoms with Gasteiger partial charge < -0.3 is 14.4 Å². The van der Waals surface area contributed by atoms with Gasteiger partial charge in [0, 0.05) is 33.0 Å². The highest BCUT2D eigenvalue weighted by Gasteiger charge is 2.23. The van der Waals surface area contributed by atoms with Gasteiger partial charge in [-0.25, -0.2) is 0 Å². The molecule has 0 saturated carbocycles. The van der Waals surface area contributed by atoms with E-state index in [1.807, 2.05) is 35.2 Å². The Morgan fingerprint density at radius 2 is 1.94 bits per heavy atom. The average Bonchev–Trinajstić information content (AvgIpc) is 2.41. The van der Waals surface area contributed by atoms with E-state index in [9.17, 15) is 4.79 Å². The Morgan fingerprint density at radius 1 is 1.28 bits per heavy atom. The van der Waals surface area contributed by atoms with Crippen LogP contribution in [0, 0.1) is 0 Å². The third kappa shape index (κ3) is 3.47. The van der Waals surface area contributed by atoms with Gasteiger partial charge >= 0.3 is 0 Å². The predicted molar refractivity (Wildman–Crippen MR) is 68.5 cm³/mol. The fourth-order valence-electron chi connectivity index (χ4n) is 2.13. The lowest BCUT2D eigenvalue weighted by Crippen LogP contribution is -2.43. The number of carbonyl (C=O) groups excluding carboxylic acids is 1. The number of methoxy groups -OCH3 is 1. The van der Waals surface area contributed by atoms with Gasteiger partial charge in [-0.1, -0.05) is 18.2 Å². The lowest BCUT2D eigenvalue weighted by Gasteiger charge is -2.32. The first-order valence-electron chi connectivity index (χ1n) is 6.28. The van der Waals surface area contributed by atoms with Crippen LogP contribution >= 0.6 is 0 Å². The maximum Gasteiger partial charge on any atom is 0.248 e. The summed E-state index contributed by atoms with van der Waals surface area (Å²) in [5, 5.41) is 0. The smallest absolute Gasteiger partial charge is 0.248 e. The molecule has 1 amide bonds. The lowest BCUT2D eigenvalue weighted by molar-refractivity contribution is -0.136. The van der Waals surface area contributed by atoms with Crippen LogP contribution < -0.4 is 4.74 Å². The fraction of sp³-hybridized carbons (Fsp3) is 0.500. The Labute approximate surface area is 107 Å². The van der Waals surface area contributed by atoms with Gasteiger partial charge in [0.2, 0.25) is 5.91 Å². The van der Waals surface area contributed by atoms with Crippen LogP contribution in [0.5, 0.6) is 5.75 Å². The number of piperidine rings is 1. The molecule has 18 heavy (non-hydrogen) atoms. The van der Waals surface area contributed by atoms with Crippen LogP contribution in [0.1, 0.15) is 12.8 Å². The van der Waals surface area contributed by atoms with Crippen molar-refractivity contribution in [1.29, 1.82) is 0 Å². The van der Waals surface area contributed by atoms with E-state index in [-0.39, 0.29) is 18.6 Å². The number of amides is 1. The first-order valence-corrected chi connectivity index (χ1v) is 6.28. The largest absolute Gasteiger partial charge is 0.490 e. The van der Waals surface area contributed by atoms with Crippen LogP contribution in [0.4, 0.5) is 0 Å². The number of nitrogens with zero attached hydrogens (tertiary/aromatic N) is 1. The number of para-hydroxylation sites is 1. The van der Waals surface area contributed by atoms with Gasteiger partial charge in [0.1, 0.15) is 18.5 Å². The van der Waals surface area contributed by atoms with Crippen molar-refractivity contribution >= 4 is 5.91 Å². The molecule has 0 unspecified atom stereocenters. The number of likely N-dealkylation sites (tertiary alicyclic amines) is 1. The van der Waals surface area contributed by atoms with Gasteiger partial charge in [0.25, 0.3) is 0 Å². The highest BCUT2D eigenvalue weighted by Crippen LogP contribution is 2.18. The van der Waals surface area contributed by atoms with Crippen LogP contribution in [0.15, 0.2) is 30.3 Å². The molecule has 0 aromatic heterocycles. The summed E-state index contributed by atoms with van der Waals surface area (Å²) in [6, 6.07) is 9.82. The van der Waals surface area contributed by atoms with E-state index >= 15 is 0 Å². The van der Waals surface area contributed by atoms with Crippen LogP contribution in [0.2, 0.25) is 0 Å². The van der Waals surface area contributed by atoms with E-state index in [0.717, 1.165) is 31.7 Å². The number of carbonyl (C=O) groups is 1. The van der Waals surface area contributed by atoms with E-state index in [4.69, 9.17) is 9.47 Å². The molecule has 1 aliphatic heterocycles. The molecule has 0 radical (unpaired) electrons. The Bertz CT molecular complexity index is 372. The highest BCUT2D eigenvalue weighted by atomic mass is 16.5. The van der Waals surface area contributed by atoms with Crippen LogP contribution in [0.3, 0.4) is 0 Å². The standard InChI is InChI=1S/C14H19NO3/c1-17-11-14(16)15-9-7-13(8-10-15)18-12-5-3-2-4-6-12/h2-6,13H,7-11H2,1H3. The third-order valence-corrected chi connectivity index (χ3v) is 3.11. The Morgan fingerprint density at radius 3 is 2.56 bits per heavy atom. The van der Waals surface area contributed by atoms with Gasteiger partial charge in [0.05, 0.1) is 0 Å². The lowest BCUT2D eigenvalue weighted by atomic mass is 10.1. The number of ether oxygens (including phenoxy) is 2. The van der Waals surface area contributed by atoms with Crippen molar-refractivity contribution in [3.63, 3.8) is 0 Å². The number of benzene rings is 1. The maximum atomic E-state index is 11.6. The molecule has 98 valence electrons. The van der Waals surface area contributed by atoms with E-state index in [1.165, 1.54) is 0 Å². The van der Waals surface area contributed by atoms with Crippen molar-refractivity contribution in [2.45, 2.75) is 18.9 Å². The second-order valence-corrected chi connectivity index (χ2v) is 4.44. The molecule has 4 heteroatoms. The second kappa shape index (κ2) is 6.40. The van der Waals surface area contributed by atoms with Crippen molar-refractivity contribution in [2.24, 2.45) is 0 Å². The maximum absolute atomic E-state index is 11.6. The minimum atomic E-state index is 0.0654. The van der Waals surface area contributed by atoms with Gasteiger partial charge in [0.15, 0.2) is 0 Å². The first-order chi connectivity index (χ1) is 8.79. The van der Waals surface area contributed by atoms with Crippen molar-refractivity contribution in [3.8, 4) is 5.75 Å². The topological polar surface area (TPSA) is 38.8 Å². The molecule has 2 rings (SSSR count). The molecular weight excluding hydrogens is 230 g/mol. The zero-order valence-electron chi connectivity index (χ0n) is 10.7. The summed E-state index contributed by atoms with van der Waals surface area (Å²) < 4.78 is 10.7. The van der Waals surface area contributed by atoms with Crippen molar-refractivity contribution < 1.29 is 14.3 Å². The van der Waals surface area contributed by atoms with Gasteiger partial charge in [-0.05, 0) is 12.1 Å². The monoisotopic (exact) mass is 249 g/mol. The van der Waals surface area contributed by atoms with Crippen LogP contribution in [-0.4, -0.2) is 43.7 Å². The summed E-state index contributed by atoms with van der Waals surface area (Å²) in [5.74, 6) is 0.967. The van der Waals surface area contributed by atoms with E-state index in [1.54, 1.807) is 7.11 Å². The Hall–Kier alpha value is -1.55. The van der Waals surface area contributed by atoms with Gasteiger partial charge in [-0.2, -0.15) is 0 Å². The fourth-order valence-corrected chi connectivity index (χ4v) is 2.13. The van der Waals surface area contributed by atoms with Crippen molar-refractivity contribution in [2.75, 3.05) is 26.8 Å². The highest BCUT2D eigenvalue weighted by molar-refractivity contribution is 5.77. The summed E-state index contributed by atoms with van der Waals surface area (Å²) >= 11 is 0. The molecule has 1 aliphatic rings. The quantitative estimate of drug-likeness (QED) is 0.815. The summed E-state index contributed by atoms with van der Waals surface area (Å²) in [5.41, 5.74) is 0. The predicted octanol–water partition coefficient (Wildman–Crippen LogP) is 1.70. The number of rotatable bonds is 4. The molecular formula is C14H19NO3. The molecule has 0 N–H and O–H groups in total. The van der Waals surface area contributed by atoms with Crippen LogP contribution in [-0.2, 0) is 9.53 Å². The Balaban J connectivity index is 1.78. The van der Waals surface area contributed by atoms with Crippen molar-refractivity contribution in [3.05, 3.63) is 30.3 Å². The molecule has 1 fully saturated rings. The van der Waals surface area contributed by atoms with E-state index in [2.05, 4.69) is 0 Å². The Kier molecular flexibility index (Phi) is 4.59. The van der Waals surface area contributed by atoms with Gasteiger partial charge in [-0.3, -0.25) is 4.79 Å². The minimum Gasteiger partial charge on any atom is -0.490 e. The zero-order chi connectivity index (χ0) is 12.8. The second-order valence-electron chi connectivity index (χ2n) is 4.44. The molecule has 1 saturated heterocycles. The molecule has 1 heterocycles. The SMILES string of the molecule is COCC(=O)N1CCC(Oc2ccccc2)CC1. The molecule has 1 aromatic carbocycles. The van der Waals surface area contributed by atoms with Crippen molar-refractivity contribution in [1.82, 2.24) is 4.90 Å². The third-order valence-electron chi connectivity index (χ3n) is 3.11. The molecule has 1 aromatic rings. The molecule has 4 nitrogen and oxygen atoms in total. The van der Waals surface area contributed by atoms with E-state index < -0.39 is 0 Å². The average molecular weight is 249 g/mol.